The van der Waals surface area contributed by atoms with Crippen molar-refractivity contribution >= 4 is 5.78 Å². The van der Waals surface area contributed by atoms with Gasteiger partial charge in [0, 0.05) is 31.6 Å². The summed E-state index contributed by atoms with van der Waals surface area (Å²) < 4.78 is 7.68. The Labute approximate surface area is 189 Å². The smallest absolute Gasteiger partial charge is 0.141 e. The Morgan fingerprint density at radius 2 is 1.84 bits per heavy atom. The lowest BCUT2D eigenvalue weighted by atomic mass is 10.0. The van der Waals surface area contributed by atoms with E-state index in [1.165, 1.54) is 19.4 Å². The van der Waals surface area contributed by atoms with Crippen LogP contribution in [0.2, 0.25) is 0 Å². The molecule has 1 saturated heterocycles. The van der Waals surface area contributed by atoms with Crippen LogP contribution in [0, 0.1) is 0 Å². The summed E-state index contributed by atoms with van der Waals surface area (Å²) >= 11 is 0. The Balaban J connectivity index is 1.24. The number of phenols is 1. The van der Waals surface area contributed by atoms with E-state index in [1.807, 2.05) is 30.5 Å². The topological polar surface area (TPSA) is 67.6 Å². The van der Waals surface area contributed by atoms with Crippen LogP contribution in [-0.4, -0.2) is 51.3 Å². The van der Waals surface area contributed by atoms with Crippen LogP contribution < -0.4 is 4.74 Å². The third-order valence-electron chi connectivity index (χ3n) is 6.03. The molecule has 6 nitrogen and oxygen atoms in total. The van der Waals surface area contributed by atoms with E-state index < -0.39 is 0 Å². The maximum atomic E-state index is 12.4. The molecule has 0 aliphatic carbocycles. The number of rotatable bonds is 10. The van der Waals surface area contributed by atoms with E-state index in [-0.39, 0.29) is 11.5 Å². The number of hydrogen-bond donors (Lipinski definition) is 1. The van der Waals surface area contributed by atoms with Crippen molar-refractivity contribution in [3.05, 3.63) is 72.1 Å². The van der Waals surface area contributed by atoms with Crippen LogP contribution >= 0.6 is 0 Å². The highest BCUT2D eigenvalue weighted by molar-refractivity contribution is 5.83. The molecule has 1 aliphatic heterocycles. The molecule has 168 valence electrons. The number of likely N-dealkylation sites (tertiary alicyclic amines) is 1. The Morgan fingerprint density at radius 1 is 1.09 bits per heavy atom. The van der Waals surface area contributed by atoms with Crippen molar-refractivity contribution in [1.29, 1.82) is 0 Å². The van der Waals surface area contributed by atoms with E-state index in [2.05, 4.69) is 16.9 Å². The van der Waals surface area contributed by atoms with Gasteiger partial charge in [-0.15, -0.1) is 0 Å². The maximum Gasteiger partial charge on any atom is 0.141 e. The minimum Gasteiger partial charge on any atom is -0.508 e. The van der Waals surface area contributed by atoms with E-state index in [4.69, 9.17) is 4.74 Å². The molecule has 1 aliphatic rings. The normalized spacial score (nSPS) is 16.3. The van der Waals surface area contributed by atoms with Crippen LogP contribution in [0.4, 0.5) is 0 Å². The van der Waals surface area contributed by atoms with Crippen LogP contribution in [0.1, 0.15) is 37.3 Å². The predicted octanol–water partition coefficient (Wildman–Crippen LogP) is 4.19. The van der Waals surface area contributed by atoms with E-state index in [9.17, 15) is 9.90 Å². The molecule has 3 aromatic rings. The van der Waals surface area contributed by atoms with Gasteiger partial charge in [-0.25, -0.2) is 4.68 Å². The van der Waals surface area contributed by atoms with Crippen LogP contribution in [0.15, 0.2) is 60.9 Å². The van der Waals surface area contributed by atoms with Crippen molar-refractivity contribution in [2.24, 2.45) is 0 Å². The number of carbonyl (C=O) groups excluding carboxylic acids is 1. The molecule has 2 aromatic carbocycles. The molecule has 6 heteroatoms. The molecule has 1 fully saturated rings. The highest BCUT2D eigenvalue weighted by atomic mass is 16.5. The van der Waals surface area contributed by atoms with Gasteiger partial charge in [-0.05, 0) is 80.3 Å². The SMILES string of the molecule is C[C@@H]1CCCN1CCCOc1ccc(-n2cc(CC(=O)Cc3ccc(O)cc3)cn2)cc1. The summed E-state index contributed by atoms with van der Waals surface area (Å²) in [5, 5.41) is 13.8. The maximum absolute atomic E-state index is 12.4. The van der Waals surface area contributed by atoms with Gasteiger partial charge in [0.2, 0.25) is 0 Å². The van der Waals surface area contributed by atoms with Gasteiger partial charge in [0.1, 0.15) is 17.3 Å². The van der Waals surface area contributed by atoms with Crippen LogP contribution in [0.3, 0.4) is 0 Å². The third-order valence-corrected chi connectivity index (χ3v) is 6.03. The first-order valence-corrected chi connectivity index (χ1v) is 11.4. The summed E-state index contributed by atoms with van der Waals surface area (Å²) in [5.74, 6) is 1.18. The van der Waals surface area contributed by atoms with Crippen LogP contribution in [0.25, 0.3) is 5.69 Å². The number of nitrogens with zero attached hydrogens (tertiary/aromatic N) is 3. The van der Waals surface area contributed by atoms with Gasteiger partial charge in [-0.1, -0.05) is 12.1 Å². The Morgan fingerprint density at radius 3 is 2.56 bits per heavy atom. The second kappa shape index (κ2) is 10.5. The third kappa shape index (κ3) is 5.98. The van der Waals surface area contributed by atoms with Crippen molar-refractivity contribution in [3.8, 4) is 17.2 Å². The van der Waals surface area contributed by atoms with Gasteiger partial charge in [0.15, 0.2) is 0 Å². The molecule has 0 unspecified atom stereocenters. The number of benzene rings is 2. The first-order valence-electron chi connectivity index (χ1n) is 11.4. The molecule has 32 heavy (non-hydrogen) atoms. The summed E-state index contributed by atoms with van der Waals surface area (Å²) in [6.07, 6.45) is 7.95. The van der Waals surface area contributed by atoms with E-state index in [1.54, 1.807) is 35.1 Å². The number of aromatic nitrogens is 2. The fourth-order valence-corrected chi connectivity index (χ4v) is 4.20. The summed E-state index contributed by atoms with van der Waals surface area (Å²) in [6, 6.07) is 15.3. The molecule has 0 saturated carbocycles. The molecule has 0 bridgehead atoms. The highest BCUT2D eigenvalue weighted by Gasteiger charge is 2.19. The number of hydrogen-bond acceptors (Lipinski definition) is 5. The van der Waals surface area contributed by atoms with E-state index >= 15 is 0 Å². The Hall–Kier alpha value is -3.12. The van der Waals surface area contributed by atoms with Crippen molar-refractivity contribution in [3.63, 3.8) is 0 Å². The average molecular weight is 434 g/mol. The lowest BCUT2D eigenvalue weighted by Gasteiger charge is -2.20. The minimum absolute atomic E-state index is 0.113. The number of ketones is 1. The summed E-state index contributed by atoms with van der Waals surface area (Å²) in [7, 11) is 0. The number of ether oxygens (including phenoxy) is 1. The van der Waals surface area contributed by atoms with E-state index in [0.29, 0.717) is 18.9 Å². The van der Waals surface area contributed by atoms with Gasteiger partial charge in [0.25, 0.3) is 0 Å². The zero-order chi connectivity index (χ0) is 22.3. The second-order valence-corrected chi connectivity index (χ2v) is 8.57. The Bertz CT molecular complexity index is 1010. The monoisotopic (exact) mass is 433 g/mol. The van der Waals surface area contributed by atoms with Gasteiger partial charge < -0.3 is 14.7 Å². The molecular weight excluding hydrogens is 402 g/mol. The lowest BCUT2D eigenvalue weighted by Crippen LogP contribution is -2.28. The first-order chi connectivity index (χ1) is 15.6. The van der Waals surface area contributed by atoms with Crippen molar-refractivity contribution < 1.29 is 14.6 Å². The lowest BCUT2D eigenvalue weighted by molar-refractivity contribution is -0.117. The fraction of sp³-hybridized carbons (Fsp3) is 0.385. The van der Waals surface area contributed by atoms with Crippen molar-refractivity contribution in [2.75, 3.05) is 19.7 Å². The molecule has 0 amide bonds. The van der Waals surface area contributed by atoms with Gasteiger partial charge in [-0.3, -0.25) is 4.79 Å². The van der Waals surface area contributed by atoms with Gasteiger partial charge in [0.05, 0.1) is 18.5 Å². The first kappa shape index (κ1) is 22.1. The van der Waals surface area contributed by atoms with Crippen molar-refractivity contribution in [2.45, 2.75) is 45.1 Å². The molecule has 1 N–H and O–H groups in total. The molecule has 4 rings (SSSR count). The second-order valence-electron chi connectivity index (χ2n) is 8.57. The summed E-state index contributed by atoms with van der Waals surface area (Å²) in [4.78, 5) is 14.9. The summed E-state index contributed by atoms with van der Waals surface area (Å²) in [6.45, 7) is 5.33. The molecule has 0 spiro atoms. The Kier molecular flexibility index (Phi) is 7.22. The highest BCUT2D eigenvalue weighted by Crippen LogP contribution is 2.18. The number of phenolic OH excluding ortho intramolecular Hbond substituents is 1. The predicted molar refractivity (Wildman–Crippen MR) is 124 cm³/mol. The van der Waals surface area contributed by atoms with Crippen LogP contribution in [0.5, 0.6) is 11.5 Å². The number of Topliss-reactive ketones (excluding diaryl/α,β-unsaturated/α-hetero) is 1. The fourth-order valence-electron chi connectivity index (χ4n) is 4.20. The molecular formula is C26H31N3O3. The van der Waals surface area contributed by atoms with Crippen LogP contribution in [-0.2, 0) is 17.6 Å². The minimum atomic E-state index is 0.113. The zero-order valence-electron chi connectivity index (χ0n) is 18.6. The zero-order valence-corrected chi connectivity index (χ0v) is 18.6. The quantitative estimate of drug-likeness (QED) is 0.486. The van der Waals surface area contributed by atoms with Crippen molar-refractivity contribution in [1.82, 2.24) is 14.7 Å². The average Bonchev–Trinajstić information content (AvgIpc) is 3.42. The largest absolute Gasteiger partial charge is 0.508 e. The number of carbonyl (C=O) groups is 1. The summed E-state index contributed by atoms with van der Waals surface area (Å²) in [5.41, 5.74) is 2.71. The molecule has 1 atom stereocenters. The van der Waals surface area contributed by atoms with E-state index in [0.717, 1.165) is 42.1 Å². The van der Waals surface area contributed by atoms with Gasteiger partial charge >= 0.3 is 0 Å². The van der Waals surface area contributed by atoms with Gasteiger partial charge in [-0.2, -0.15) is 5.10 Å². The number of aromatic hydroxyl groups is 1. The standard InChI is InChI=1S/C26H31N3O3/c1-20-4-2-13-28(20)14-3-15-32-26-11-7-23(8-12-26)29-19-22(18-27-29)17-25(31)16-21-5-9-24(30)10-6-21/h5-12,18-20,30H,2-4,13-17H2,1H3/t20-/m1/s1. The molecule has 1 aromatic heterocycles. The molecule has 2 heterocycles. The molecule has 0 radical (unpaired) electrons.